The second kappa shape index (κ2) is 6.68. The summed E-state index contributed by atoms with van der Waals surface area (Å²) in [5.41, 5.74) is 3.52. The third kappa shape index (κ3) is 2.80. The summed E-state index contributed by atoms with van der Waals surface area (Å²) in [6.45, 7) is 2.21. The van der Waals surface area contributed by atoms with Crippen molar-refractivity contribution in [3.63, 3.8) is 0 Å². The van der Waals surface area contributed by atoms with E-state index in [1.165, 1.54) is 19.9 Å². The fraction of sp³-hybridized carbons (Fsp3) is 0.0909. The van der Waals surface area contributed by atoms with Crippen molar-refractivity contribution in [3.05, 3.63) is 84.4 Å². The summed E-state index contributed by atoms with van der Waals surface area (Å²) in [5, 5.41) is 1.31. The molecule has 0 aliphatic rings. The molecule has 4 aromatic rings. The van der Waals surface area contributed by atoms with Gasteiger partial charge in [-0.05, 0) is 0 Å². The van der Waals surface area contributed by atoms with Crippen LogP contribution in [0.25, 0.3) is 22.3 Å². The molecular weight excluding hydrogens is 359 g/mol. The molecule has 0 atom stereocenters. The Morgan fingerprint density at radius 3 is 2.21 bits per heavy atom. The van der Waals surface area contributed by atoms with Gasteiger partial charge in [0.05, 0.1) is 0 Å². The van der Waals surface area contributed by atoms with Crippen LogP contribution < -0.4 is 8.92 Å². The fourth-order valence-electron chi connectivity index (χ4n) is 2.97. The van der Waals surface area contributed by atoms with Gasteiger partial charge in [0, 0.05) is 0 Å². The first-order valence-corrected chi connectivity index (χ1v) is 9.91. The fourth-order valence-corrected chi connectivity index (χ4v) is 5.31. The van der Waals surface area contributed by atoms with E-state index in [2.05, 4.69) is 79.7 Å². The Morgan fingerprint density at radius 1 is 0.792 bits per heavy atom. The zero-order chi connectivity index (χ0) is 16.4. The molecule has 0 aliphatic carbocycles. The van der Waals surface area contributed by atoms with E-state index in [0.717, 1.165) is 23.3 Å². The summed E-state index contributed by atoms with van der Waals surface area (Å²) in [4.78, 5) is 0. The van der Waals surface area contributed by atoms with Crippen molar-refractivity contribution in [1.29, 1.82) is 0 Å². The molecule has 1 nitrogen and oxygen atoms in total. The molecule has 0 fully saturated rings. The number of fused-ring (bicyclic) bond motifs is 1. The van der Waals surface area contributed by atoms with Crippen molar-refractivity contribution in [2.75, 3.05) is 0 Å². The van der Waals surface area contributed by atoms with Crippen LogP contribution in [0.15, 0.2) is 83.3 Å². The average Bonchev–Trinajstić information content (AvgIpc) is 3.02. The second-order valence-electron chi connectivity index (χ2n) is 5.69. The van der Waals surface area contributed by atoms with Crippen LogP contribution in [-0.2, 0) is 6.42 Å². The molecule has 3 aromatic carbocycles. The molecule has 0 saturated carbocycles. The number of rotatable bonds is 4. The van der Waals surface area contributed by atoms with Gasteiger partial charge in [-0.15, -0.1) is 0 Å². The molecule has 0 unspecified atom stereocenters. The Hall–Kier alpha value is -2.28. The Kier molecular flexibility index (Phi) is 4.25. The zero-order valence-electron chi connectivity index (χ0n) is 13.5. The standard InChI is InChI=1S/C22H18OSe/c1-2-16-12-9-15-19-20(16)22(24-18-13-7-4-8-14-18)21(23-19)17-10-5-3-6-11-17/h3-15H,2H2,1H3. The number of furan rings is 1. The molecule has 0 spiro atoms. The molecule has 24 heavy (non-hydrogen) atoms. The maximum atomic E-state index is 6.32. The van der Waals surface area contributed by atoms with Crippen molar-refractivity contribution >= 4 is 34.8 Å². The quantitative estimate of drug-likeness (QED) is 0.483. The second-order valence-corrected chi connectivity index (χ2v) is 7.96. The van der Waals surface area contributed by atoms with Crippen LogP contribution in [0.1, 0.15) is 12.5 Å². The Labute approximate surface area is 148 Å². The minimum absolute atomic E-state index is 0.211. The first-order chi connectivity index (χ1) is 11.9. The van der Waals surface area contributed by atoms with E-state index in [1.807, 2.05) is 6.07 Å². The van der Waals surface area contributed by atoms with Gasteiger partial charge in [0.2, 0.25) is 0 Å². The normalized spacial score (nSPS) is 11.0. The van der Waals surface area contributed by atoms with E-state index in [-0.39, 0.29) is 15.0 Å². The van der Waals surface area contributed by atoms with E-state index in [9.17, 15) is 0 Å². The molecule has 0 bridgehead atoms. The average molecular weight is 377 g/mol. The third-order valence-electron chi connectivity index (χ3n) is 4.14. The Bertz CT molecular complexity index is 955. The third-order valence-corrected chi connectivity index (χ3v) is 6.45. The molecule has 0 aliphatic heterocycles. The van der Waals surface area contributed by atoms with Crippen LogP contribution in [0.3, 0.4) is 0 Å². The van der Waals surface area contributed by atoms with Gasteiger partial charge >= 0.3 is 148 Å². The molecule has 2 heteroatoms. The SMILES string of the molecule is CCc1cccc2oc(-c3ccccc3)c([Se]c3ccccc3)c12. The van der Waals surface area contributed by atoms with Gasteiger partial charge in [-0.3, -0.25) is 0 Å². The predicted molar refractivity (Wildman–Crippen MR) is 102 cm³/mol. The summed E-state index contributed by atoms with van der Waals surface area (Å²) < 4.78 is 9.04. The topological polar surface area (TPSA) is 13.1 Å². The summed E-state index contributed by atoms with van der Waals surface area (Å²) in [7, 11) is 0. The van der Waals surface area contributed by atoms with Gasteiger partial charge in [0.15, 0.2) is 0 Å². The number of hydrogen-bond donors (Lipinski definition) is 0. The van der Waals surface area contributed by atoms with E-state index in [1.54, 1.807) is 0 Å². The maximum absolute atomic E-state index is 6.32. The van der Waals surface area contributed by atoms with Crippen molar-refractivity contribution in [3.8, 4) is 11.3 Å². The van der Waals surface area contributed by atoms with Crippen LogP contribution in [0.5, 0.6) is 0 Å². The molecule has 0 amide bonds. The van der Waals surface area contributed by atoms with Crippen LogP contribution >= 0.6 is 0 Å². The number of aryl methyl sites for hydroxylation is 1. The van der Waals surface area contributed by atoms with Crippen molar-refractivity contribution in [2.45, 2.75) is 13.3 Å². The van der Waals surface area contributed by atoms with Crippen LogP contribution in [-0.4, -0.2) is 15.0 Å². The zero-order valence-corrected chi connectivity index (χ0v) is 15.2. The minimum atomic E-state index is 0.211. The summed E-state index contributed by atoms with van der Waals surface area (Å²) >= 11 is 0.211. The summed E-state index contributed by atoms with van der Waals surface area (Å²) in [6.07, 6.45) is 1.02. The van der Waals surface area contributed by atoms with Gasteiger partial charge in [-0.2, -0.15) is 0 Å². The molecule has 1 heterocycles. The van der Waals surface area contributed by atoms with E-state index in [4.69, 9.17) is 4.42 Å². The number of benzene rings is 3. The van der Waals surface area contributed by atoms with E-state index in [0.29, 0.717) is 0 Å². The van der Waals surface area contributed by atoms with Gasteiger partial charge < -0.3 is 0 Å². The molecular formula is C22H18OSe. The van der Waals surface area contributed by atoms with Crippen LogP contribution in [0.2, 0.25) is 0 Å². The van der Waals surface area contributed by atoms with Gasteiger partial charge in [0.25, 0.3) is 0 Å². The van der Waals surface area contributed by atoms with E-state index >= 15 is 0 Å². The molecule has 0 N–H and O–H groups in total. The molecule has 0 saturated heterocycles. The summed E-state index contributed by atoms with van der Waals surface area (Å²) in [6, 6.07) is 27.6. The molecule has 1 aromatic heterocycles. The molecule has 118 valence electrons. The van der Waals surface area contributed by atoms with Gasteiger partial charge in [-0.25, -0.2) is 0 Å². The molecule has 0 radical (unpaired) electrons. The first kappa shape index (κ1) is 15.3. The van der Waals surface area contributed by atoms with Crippen molar-refractivity contribution < 1.29 is 4.42 Å². The predicted octanol–water partition coefficient (Wildman–Crippen LogP) is 4.32. The first-order valence-electron chi connectivity index (χ1n) is 8.19. The van der Waals surface area contributed by atoms with Crippen LogP contribution in [0.4, 0.5) is 0 Å². The molecule has 4 rings (SSSR count). The van der Waals surface area contributed by atoms with E-state index < -0.39 is 0 Å². The summed E-state index contributed by atoms with van der Waals surface area (Å²) in [5.74, 6) is 1.02. The van der Waals surface area contributed by atoms with Crippen molar-refractivity contribution in [2.24, 2.45) is 0 Å². The van der Waals surface area contributed by atoms with Gasteiger partial charge in [0.1, 0.15) is 0 Å². The van der Waals surface area contributed by atoms with Crippen LogP contribution in [0, 0.1) is 0 Å². The monoisotopic (exact) mass is 378 g/mol. The Balaban J connectivity index is 1.96. The van der Waals surface area contributed by atoms with Crippen molar-refractivity contribution in [1.82, 2.24) is 0 Å². The van der Waals surface area contributed by atoms with Gasteiger partial charge in [-0.1, -0.05) is 0 Å². The number of hydrogen-bond acceptors (Lipinski definition) is 1. The Morgan fingerprint density at radius 2 is 1.50 bits per heavy atom.